The van der Waals surface area contributed by atoms with Gasteiger partial charge in [0.25, 0.3) is 0 Å². The third-order valence-corrected chi connectivity index (χ3v) is 2.84. The van der Waals surface area contributed by atoms with E-state index < -0.39 is 5.97 Å². The molecule has 0 saturated carbocycles. The van der Waals surface area contributed by atoms with Crippen LogP contribution in [0.5, 0.6) is 0 Å². The van der Waals surface area contributed by atoms with E-state index in [4.69, 9.17) is 16.3 Å². The molecule has 0 spiro atoms. The molecule has 0 aliphatic rings. The third kappa shape index (κ3) is 2.56. The first-order chi connectivity index (χ1) is 7.77. The standard InChI is InChI=1S/C10H7ClN2O2S/c11-9-7(2-1-3-13-9)10(14)15-6-8-12-4-5-16-8/h1-5H,6H2. The van der Waals surface area contributed by atoms with Crippen molar-refractivity contribution in [3.63, 3.8) is 0 Å². The average molecular weight is 255 g/mol. The highest BCUT2D eigenvalue weighted by Gasteiger charge is 2.12. The Balaban J connectivity index is 2.01. The summed E-state index contributed by atoms with van der Waals surface area (Å²) in [7, 11) is 0. The molecule has 2 heterocycles. The first kappa shape index (κ1) is 11.0. The van der Waals surface area contributed by atoms with Crippen molar-refractivity contribution in [3.05, 3.63) is 45.6 Å². The molecule has 16 heavy (non-hydrogen) atoms. The zero-order valence-electron chi connectivity index (χ0n) is 8.09. The van der Waals surface area contributed by atoms with Crippen molar-refractivity contribution in [2.75, 3.05) is 0 Å². The summed E-state index contributed by atoms with van der Waals surface area (Å²) in [6.07, 6.45) is 3.17. The van der Waals surface area contributed by atoms with Crippen LogP contribution in [0.25, 0.3) is 0 Å². The molecule has 4 nitrogen and oxygen atoms in total. The number of aromatic nitrogens is 2. The molecule has 0 atom stereocenters. The van der Waals surface area contributed by atoms with Gasteiger partial charge in [0, 0.05) is 17.8 Å². The smallest absolute Gasteiger partial charge is 0.341 e. The minimum Gasteiger partial charge on any atom is -0.455 e. The van der Waals surface area contributed by atoms with Crippen LogP contribution in [-0.2, 0) is 11.3 Å². The SMILES string of the molecule is O=C(OCc1nccs1)c1cccnc1Cl. The molecule has 6 heteroatoms. The number of carbonyl (C=O) groups excluding carboxylic acids is 1. The molecule has 2 aromatic heterocycles. The monoisotopic (exact) mass is 254 g/mol. The van der Waals surface area contributed by atoms with Gasteiger partial charge in [-0.25, -0.2) is 14.8 Å². The lowest BCUT2D eigenvalue weighted by atomic mass is 10.3. The number of carbonyl (C=O) groups is 1. The Bertz CT molecular complexity index is 487. The Kier molecular flexibility index (Phi) is 3.48. The maximum absolute atomic E-state index is 11.6. The topological polar surface area (TPSA) is 52.1 Å². The molecule has 0 aliphatic heterocycles. The van der Waals surface area contributed by atoms with Crippen molar-refractivity contribution >= 4 is 28.9 Å². The van der Waals surface area contributed by atoms with E-state index in [1.807, 2.05) is 5.38 Å². The molecule has 82 valence electrons. The molecule has 0 bridgehead atoms. The number of pyridine rings is 1. The van der Waals surface area contributed by atoms with Gasteiger partial charge in [0.05, 0.1) is 5.56 Å². The fraction of sp³-hybridized carbons (Fsp3) is 0.100. The second kappa shape index (κ2) is 5.05. The Morgan fingerprint density at radius 2 is 2.31 bits per heavy atom. The van der Waals surface area contributed by atoms with Crippen LogP contribution in [-0.4, -0.2) is 15.9 Å². The Labute approximate surface area is 101 Å². The predicted octanol–water partition coefficient (Wildman–Crippen LogP) is 2.55. The van der Waals surface area contributed by atoms with Gasteiger partial charge >= 0.3 is 5.97 Å². The van der Waals surface area contributed by atoms with Gasteiger partial charge in [0.1, 0.15) is 16.8 Å². The van der Waals surface area contributed by atoms with E-state index in [0.717, 1.165) is 5.01 Å². The summed E-state index contributed by atoms with van der Waals surface area (Å²) in [5.74, 6) is -0.492. The van der Waals surface area contributed by atoms with Crippen LogP contribution >= 0.6 is 22.9 Å². The van der Waals surface area contributed by atoms with Gasteiger partial charge in [0.15, 0.2) is 0 Å². The van der Waals surface area contributed by atoms with Crippen LogP contribution in [0.4, 0.5) is 0 Å². The number of esters is 1. The van der Waals surface area contributed by atoms with Crippen LogP contribution < -0.4 is 0 Å². The fourth-order valence-electron chi connectivity index (χ4n) is 1.07. The van der Waals surface area contributed by atoms with Gasteiger partial charge in [0.2, 0.25) is 0 Å². The van der Waals surface area contributed by atoms with Gasteiger partial charge in [-0.15, -0.1) is 11.3 Å². The summed E-state index contributed by atoms with van der Waals surface area (Å²) in [6.45, 7) is 0.154. The molecule has 0 saturated heterocycles. The van der Waals surface area contributed by atoms with E-state index in [9.17, 15) is 4.79 Å². The molecule has 0 aliphatic carbocycles. The maximum atomic E-state index is 11.6. The number of hydrogen-bond acceptors (Lipinski definition) is 5. The summed E-state index contributed by atoms with van der Waals surface area (Å²) in [5.41, 5.74) is 0.265. The molecule has 0 amide bonds. The maximum Gasteiger partial charge on any atom is 0.341 e. The highest BCUT2D eigenvalue weighted by molar-refractivity contribution is 7.09. The van der Waals surface area contributed by atoms with Crippen molar-refractivity contribution in [2.45, 2.75) is 6.61 Å². The van der Waals surface area contributed by atoms with Gasteiger partial charge < -0.3 is 4.74 Å². The summed E-state index contributed by atoms with van der Waals surface area (Å²) in [4.78, 5) is 19.4. The summed E-state index contributed by atoms with van der Waals surface area (Å²) in [6, 6.07) is 3.20. The number of hydrogen-bond donors (Lipinski definition) is 0. The van der Waals surface area contributed by atoms with Gasteiger partial charge in [-0.2, -0.15) is 0 Å². The van der Waals surface area contributed by atoms with Crippen LogP contribution in [0.2, 0.25) is 5.15 Å². The lowest BCUT2D eigenvalue weighted by Gasteiger charge is -2.03. The van der Waals surface area contributed by atoms with Crippen molar-refractivity contribution in [3.8, 4) is 0 Å². The Morgan fingerprint density at radius 3 is 3.00 bits per heavy atom. The lowest BCUT2D eigenvalue weighted by Crippen LogP contribution is -2.06. The number of rotatable bonds is 3. The number of nitrogens with zero attached hydrogens (tertiary/aromatic N) is 2. The first-order valence-electron chi connectivity index (χ1n) is 4.43. The summed E-state index contributed by atoms with van der Waals surface area (Å²) in [5, 5.41) is 2.71. The molecule has 0 radical (unpaired) electrons. The van der Waals surface area contributed by atoms with Crippen LogP contribution in [0.3, 0.4) is 0 Å². The zero-order chi connectivity index (χ0) is 11.4. The van der Waals surface area contributed by atoms with E-state index in [-0.39, 0.29) is 17.3 Å². The van der Waals surface area contributed by atoms with Crippen LogP contribution in [0.15, 0.2) is 29.9 Å². The highest BCUT2D eigenvalue weighted by Crippen LogP contribution is 2.14. The second-order valence-electron chi connectivity index (χ2n) is 2.84. The zero-order valence-corrected chi connectivity index (χ0v) is 9.66. The Morgan fingerprint density at radius 1 is 1.44 bits per heavy atom. The Hall–Kier alpha value is -1.46. The second-order valence-corrected chi connectivity index (χ2v) is 4.18. The minimum absolute atomic E-state index is 0.145. The van der Waals surface area contributed by atoms with Gasteiger partial charge in [-0.1, -0.05) is 11.6 Å². The number of thiazole rings is 1. The van der Waals surface area contributed by atoms with Crippen molar-refractivity contribution < 1.29 is 9.53 Å². The van der Waals surface area contributed by atoms with Crippen molar-refractivity contribution in [1.29, 1.82) is 0 Å². The molecule has 0 N–H and O–H groups in total. The van der Waals surface area contributed by atoms with Crippen molar-refractivity contribution in [2.24, 2.45) is 0 Å². The molecule has 0 unspecified atom stereocenters. The van der Waals surface area contributed by atoms with Gasteiger partial charge in [-0.3, -0.25) is 0 Å². The normalized spacial score (nSPS) is 10.1. The molecule has 0 fully saturated rings. The van der Waals surface area contributed by atoms with Gasteiger partial charge in [-0.05, 0) is 12.1 Å². The molecule has 2 aromatic rings. The lowest BCUT2D eigenvalue weighted by molar-refractivity contribution is 0.0472. The largest absolute Gasteiger partial charge is 0.455 e. The predicted molar refractivity (Wildman–Crippen MR) is 60.5 cm³/mol. The molecular formula is C10H7ClN2O2S. The van der Waals surface area contributed by atoms with E-state index >= 15 is 0 Å². The average Bonchev–Trinajstić information content (AvgIpc) is 2.79. The fourth-order valence-corrected chi connectivity index (χ4v) is 1.79. The summed E-state index contributed by atoms with van der Waals surface area (Å²) < 4.78 is 5.04. The van der Waals surface area contributed by atoms with E-state index in [1.54, 1.807) is 18.3 Å². The quantitative estimate of drug-likeness (QED) is 0.624. The molecular weight excluding hydrogens is 248 g/mol. The van der Waals surface area contributed by atoms with E-state index in [1.165, 1.54) is 17.5 Å². The number of ether oxygens (including phenoxy) is 1. The molecule has 0 aromatic carbocycles. The van der Waals surface area contributed by atoms with E-state index in [2.05, 4.69) is 9.97 Å². The van der Waals surface area contributed by atoms with Crippen LogP contribution in [0, 0.1) is 0 Å². The summed E-state index contributed by atoms with van der Waals surface area (Å²) >= 11 is 7.18. The minimum atomic E-state index is -0.492. The van der Waals surface area contributed by atoms with Crippen molar-refractivity contribution in [1.82, 2.24) is 9.97 Å². The van der Waals surface area contributed by atoms with Crippen LogP contribution in [0.1, 0.15) is 15.4 Å². The third-order valence-electron chi connectivity index (χ3n) is 1.79. The first-order valence-corrected chi connectivity index (χ1v) is 5.69. The highest BCUT2D eigenvalue weighted by atomic mass is 35.5. The molecule has 2 rings (SSSR count). The van der Waals surface area contributed by atoms with E-state index in [0.29, 0.717) is 0 Å². The number of halogens is 1.